The fraction of sp³-hybridized carbons (Fsp3) is 0.614. The summed E-state index contributed by atoms with van der Waals surface area (Å²) in [5, 5.41) is 0. The lowest BCUT2D eigenvalue weighted by Crippen LogP contribution is -2.27. The molecule has 13 heteroatoms. The van der Waals surface area contributed by atoms with Crippen molar-refractivity contribution in [3.63, 3.8) is 0 Å². The number of ether oxygens (including phenoxy) is 7. The number of aryl methyl sites for hydroxylation is 1. The number of esters is 6. The number of rotatable bonds is 31. The first-order chi connectivity index (χ1) is 33.9. The Hall–Kier alpha value is -5.46. The van der Waals surface area contributed by atoms with E-state index >= 15 is 0 Å². The summed E-state index contributed by atoms with van der Waals surface area (Å²) >= 11 is 0. The molecule has 0 aromatic heterocycles. The van der Waals surface area contributed by atoms with Gasteiger partial charge in [0.05, 0.1) is 65.6 Å². The Morgan fingerprint density at radius 1 is 0.600 bits per heavy atom. The maximum Gasteiger partial charge on any atom is 0.330 e. The van der Waals surface area contributed by atoms with E-state index in [1.807, 2.05) is 0 Å². The van der Waals surface area contributed by atoms with Crippen LogP contribution in [0.25, 0.3) is 11.1 Å². The summed E-state index contributed by atoms with van der Waals surface area (Å²) in [6, 6.07) is 11.1. The van der Waals surface area contributed by atoms with E-state index in [1.165, 1.54) is 96.8 Å². The first-order valence-electron chi connectivity index (χ1n) is 25.8. The zero-order chi connectivity index (χ0) is 50.7. The second-order valence-corrected chi connectivity index (χ2v) is 19.0. The van der Waals surface area contributed by atoms with E-state index in [0.29, 0.717) is 43.8 Å². The quantitative estimate of drug-likeness (QED) is 0.0303. The van der Waals surface area contributed by atoms with Gasteiger partial charge in [-0.3, -0.25) is 19.2 Å². The summed E-state index contributed by atoms with van der Waals surface area (Å²) < 4.78 is 37.9. The summed E-state index contributed by atoms with van der Waals surface area (Å²) in [4.78, 5) is 72.9. The van der Waals surface area contributed by atoms with Gasteiger partial charge in [0.25, 0.3) is 0 Å². The maximum absolute atomic E-state index is 12.7. The van der Waals surface area contributed by atoms with Crippen LogP contribution >= 0.6 is 0 Å². The molecule has 0 spiro atoms. The van der Waals surface area contributed by atoms with Gasteiger partial charge in [0, 0.05) is 12.2 Å². The minimum absolute atomic E-state index is 0.0506. The van der Waals surface area contributed by atoms with Gasteiger partial charge < -0.3 is 33.2 Å². The van der Waals surface area contributed by atoms with Crippen LogP contribution in [0.2, 0.25) is 0 Å². The normalized spacial score (nSPS) is 17.7. The molecule has 70 heavy (non-hydrogen) atoms. The van der Waals surface area contributed by atoms with Crippen LogP contribution in [0.4, 0.5) is 0 Å². The Labute approximate surface area is 416 Å². The minimum atomic E-state index is -0.658. The van der Waals surface area contributed by atoms with Gasteiger partial charge >= 0.3 is 35.8 Å². The molecule has 4 rings (SSSR count). The van der Waals surface area contributed by atoms with E-state index in [4.69, 9.17) is 23.7 Å². The Morgan fingerprint density at radius 2 is 1.09 bits per heavy atom. The van der Waals surface area contributed by atoms with E-state index in [0.717, 1.165) is 57.7 Å². The number of methoxy groups -OCH3 is 2. The van der Waals surface area contributed by atoms with Crippen LogP contribution in [-0.4, -0.2) is 83.1 Å². The molecule has 0 saturated heterocycles. The molecule has 2 aromatic carbocycles. The highest BCUT2D eigenvalue weighted by Crippen LogP contribution is 2.42. The van der Waals surface area contributed by atoms with Gasteiger partial charge in [0.15, 0.2) is 0 Å². The molecule has 0 heterocycles. The highest BCUT2D eigenvalue weighted by atomic mass is 16.6. The molecule has 2 saturated carbocycles. The van der Waals surface area contributed by atoms with Gasteiger partial charge in [0.2, 0.25) is 0 Å². The molecule has 386 valence electrons. The number of carbonyl (C=O) groups is 6. The summed E-state index contributed by atoms with van der Waals surface area (Å²) in [7, 11) is 2.47. The molecular weight excluding hydrogens is 893 g/mol. The summed E-state index contributed by atoms with van der Waals surface area (Å²) in [5.41, 5.74) is 6.28. The predicted molar refractivity (Wildman–Crippen MR) is 268 cm³/mol. The molecule has 0 bridgehead atoms. The first-order valence-corrected chi connectivity index (χ1v) is 25.8. The lowest BCUT2D eigenvalue weighted by Gasteiger charge is -2.32. The summed E-state index contributed by atoms with van der Waals surface area (Å²) in [6.45, 7) is 11.3. The highest BCUT2D eigenvalue weighted by Gasteiger charge is 2.27. The molecule has 2 aliphatic carbocycles. The second kappa shape index (κ2) is 31.7. The smallest absolute Gasteiger partial charge is 0.330 e. The second-order valence-electron chi connectivity index (χ2n) is 19.0. The van der Waals surface area contributed by atoms with Crippen molar-refractivity contribution in [3.05, 3.63) is 77.9 Å². The fourth-order valence-corrected chi connectivity index (χ4v) is 10.0. The molecule has 0 N–H and O–H groups in total. The van der Waals surface area contributed by atoms with Crippen LogP contribution in [0, 0.1) is 23.7 Å². The van der Waals surface area contributed by atoms with Crippen molar-refractivity contribution >= 4 is 35.8 Å². The third-order valence-electron chi connectivity index (χ3n) is 14.0. The molecular formula is C57H80O13. The fourth-order valence-electron chi connectivity index (χ4n) is 10.0. The first kappa shape index (κ1) is 57.1. The van der Waals surface area contributed by atoms with Crippen molar-refractivity contribution in [3.8, 4) is 16.9 Å². The Bertz CT molecular complexity index is 1950. The zero-order valence-corrected chi connectivity index (χ0v) is 42.5. The van der Waals surface area contributed by atoms with Crippen LogP contribution in [-0.2, 0) is 76.5 Å². The molecule has 0 amide bonds. The maximum atomic E-state index is 12.7. The third kappa shape index (κ3) is 19.7. The average Bonchev–Trinajstić information content (AvgIpc) is 3.39. The molecule has 2 fully saturated rings. The van der Waals surface area contributed by atoms with Gasteiger partial charge in [-0.25, -0.2) is 9.59 Å². The van der Waals surface area contributed by atoms with E-state index in [1.54, 1.807) is 0 Å². The molecule has 0 unspecified atom stereocenters. The highest BCUT2D eigenvalue weighted by molar-refractivity contribution is 5.81. The van der Waals surface area contributed by atoms with Crippen LogP contribution < -0.4 is 4.74 Å². The number of hydrogen-bond donors (Lipinski definition) is 0. The number of hydrogen-bond acceptors (Lipinski definition) is 13. The van der Waals surface area contributed by atoms with Gasteiger partial charge in [-0.15, -0.1) is 0 Å². The zero-order valence-electron chi connectivity index (χ0n) is 42.5. The SMILES string of the molecule is C=CC(=O)OCCCc1cc(-c2ccc(C3CCC(CCC4CCC(CCC)CC4)CC3)cc2)c(CC)c(CCCOC(=O)C=C)c1OCC(COC(=O)CCC(=O)OC)COC(=O)CCC(=O)OC. The van der Waals surface area contributed by atoms with E-state index in [2.05, 4.69) is 66.8 Å². The van der Waals surface area contributed by atoms with Crippen LogP contribution in [0.15, 0.2) is 55.6 Å². The molecule has 0 aliphatic heterocycles. The lowest BCUT2D eigenvalue weighted by molar-refractivity contribution is -0.153. The molecule has 13 nitrogen and oxygen atoms in total. The monoisotopic (exact) mass is 973 g/mol. The van der Waals surface area contributed by atoms with Gasteiger partial charge in [0.1, 0.15) is 19.0 Å². The Morgan fingerprint density at radius 3 is 1.57 bits per heavy atom. The van der Waals surface area contributed by atoms with Crippen molar-refractivity contribution in [1.82, 2.24) is 0 Å². The summed E-state index contributed by atoms with van der Waals surface area (Å²) in [5.74, 6) is -0.276. The standard InChI is InChI=1S/C57H80O13/c1-7-13-40-16-18-41(19-17-40)20-21-42-22-24-44(25-23-42)45-26-28-46(29-27-45)50-36-47(14-11-34-66-51(58)9-3)57(49(48(50)8-2)15-12-35-67-52(59)10-4)70-39-43(37-68-55(62)32-30-53(60)64-5)38-69-56(63)33-31-54(61)65-6/h9-10,26-29,36,40-44H,3-4,7-8,11-25,30-35,37-39H2,1-2,5-6H3. The molecule has 0 atom stereocenters. The summed E-state index contributed by atoms with van der Waals surface area (Å²) in [6.07, 6.45) is 20.2. The molecule has 0 radical (unpaired) electrons. The lowest BCUT2D eigenvalue weighted by atomic mass is 9.74. The largest absolute Gasteiger partial charge is 0.492 e. The van der Waals surface area contributed by atoms with Crippen molar-refractivity contribution in [2.45, 2.75) is 155 Å². The minimum Gasteiger partial charge on any atom is -0.492 e. The van der Waals surface area contributed by atoms with Crippen LogP contribution in [0.3, 0.4) is 0 Å². The van der Waals surface area contributed by atoms with E-state index in [-0.39, 0.29) is 58.7 Å². The van der Waals surface area contributed by atoms with Crippen molar-refractivity contribution in [2.75, 3.05) is 47.3 Å². The van der Waals surface area contributed by atoms with Crippen LogP contribution in [0.5, 0.6) is 5.75 Å². The van der Waals surface area contributed by atoms with Crippen molar-refractivity contribution < 1.29 is 61.9 Å². The Balaban J connectivity index is 1.61. The van der Waals surface area contributed by atoms with Crippen molar-refractivity contribution in [1.29, 1.82) is 0 Å². The predicted octanol–water partition coefficient (Wildman–Crippen LogP) is 10.9. The third-order valence-corrected chi connectivity index (χ3v) is 14.0. The number of benzene rings is 2. The Kier molecular flexibility index (Phi) is 25.9. The van der Waals surface area contributed by atoms with Gasteiger partial charge in [-0.2, -0.15) is 0 Å². The topological polar surface area (TPSA) is 167 Å². The van der Waals surface area contributed by atoms with Gasteiger partial charge in [-0.1, -0.05) is 103 Å². The average molecular weight is 973 g/mol. The van der Waals surface area contributed by atoms with E-state index in [9.17, 15) is 28.8 Å². The van der Waals surface area contributed by atoms with E-state index < -0.39 is 41.7 Å². The van der Waals surface area contributed by atoms with Crippen LogP contribution in [0.1, 0.15) is 158 Å². The van der Waals surface area contributed by atoms with Crippen molar-refractivity contribution in [2.24, 2.45) is 23.7 Å². The van der Waals surface area contributed by atoms with Gasteiger partial charge in [-0.05, 0) is 121 Å². The number of carbonyl (C=O) groups excluding carboxylic acids is 6. The molecule has 2 aromatic rings. The molecule has 2 aliphatic rings.